The summed E-state index contributed by atoms with van der Waals surface area (Å²) in [4.78, 5) is 29.1. The molecule has 0 aromatic heterocycles. The van der Waals surface area contributed by atoms with Crippen LogP contribution in [0.3, 0.4) is 0 Å². The lowest BCUT2D eigenvalue weighted by atomic mass is 9.99. The predicted molar refractivity (Wildman–Crippen MR) is 93.9 cm³/mol. The van der Waals surface area contributed by atoms with Crippen LogP contribution in [-0.2, 0) is 0 Å². The molecule has 1 unspecified atom stereocenters. The largest absolute Gasteiger partial charge is 0.366 e. The van der Waals surface area contributed by atoms with Gasteiger partial charge in [0, 0.05) is 19.1 Å². The molecule has 1 aromatic carbocycles. The summed E-state index contributed by atoms with van der Waals surface area (Å²) in [7, 11) is 0. The highest BCUT2D eigenvalue weighted by molar-refractivity contribution is 6.09. The van der Waals surface area contributed by atoms with Crippen molar-refractivity contribution in [2.24, 2.45) is 5.73 Å². The number of benzene rings is 1. The molecule has 2 heterocycles. The molecule has 5 heteroatoms. The molecule has 1 saturated heterocycles. The minimum atomic E-state index is -0.524. The van der Waals surface area contributed by atoms with E-state index in [2.05, 4.69) is 18.7 Å². The van der Waals surface area contributed by atoms with Crippen LogP contribution in [0.25, 0.3) is 0 Å². The van der Waals surface area contributed by atoms with Crippen LogP contribution in [0.1, 0.15) is 71.9 Å². The molecule has 2 N–H and O–H groups in total. The van der Waals surface area contributed by atoms with Crippen molar-refractivity contribution in [1.29, 1.82) is 0 Å². The van der Waals surface area contributed by atoms with E-state index in [1.165, 1.54) is 12.8 Å². The Labute approximate surface area is 143 Å². The number of likely N-dealkylation sites (tertiary alicyclic amines) is 1. The van der Waals surface area contributed by atoms with Crippen LogP contribution in [0.2, 0.25) is 0 Å². The van der Waals surface area contributed by atoms with Crippen LogP contribution < -0.4 is 5.73 Å². The molecule has 1 aromatic rings. The summed E-state index contributed by atoms with van der Waals surface area (Å²) in [5.74, 6) is -0.553. The van der Waals surface area contributed by atoms with Crippen LogP contribution in [-0.4, -0.2) is 47.3 Å². The second-order valence-corrected chi connectivity index (χ2v) is 6.95. The van der Waals surface area contributed by atoms with E-state index in [1.54, 1.807) is 6.07 Å². The zero-order valence-electron chi connectivity index (χ0n) is 14.6. The lowest BCUT2D eigenvalue weighted by molar-refractivity contribution is 0.0517. The maximum atomic E-state index is 13.0. The van der Waals surface area contributed by atoms with Crippen molar-refractivity contribution in [3.05, 3.63) is 34.9 Å². The molecule has 2 amide bonds. The van der Waals surface area contributed by atoms with Crippen molar-refractivity contribution >= 4 is 11.8 Å². The number of piperidine rings is 1. The first-order valence-corrected chi connectivity index (χ1v) is 9.02. The monoisotopic (exact) mass is 329 g/mol. The van der Waals surface area contributed by atoms with Gasteiger partial charge in [-0.1, -0.05) is 25.5 Å². The molecule has 1 atom stereocenters. The fourth-order valence-corrected chi connectivity index (χ4v) is 4.10. The summed E-state index contributed by atoms with van der Waals surface area (Å²) in [6.07, 6.45) is 4.45. The highest BCUT2D eigenvalue weighted by atomic mass is 16.2. The number of rotatable bonds is 5. The molecule has 5 nitrogen and oxygen atoms in total. The molecular formula is C19H27N3O2. The maximum absolute atomic E-state index is 13.0. The lowest BCUT2D eigenvalue weighted by Gasteiger charge is -2.38. The van der Waals surface area contributed by atoms with Crippen LogP contribution in [0.5, 0.6) is 0 Å². The van der Waals surface area contributed by atoms with Gasteiger partial charge >= 0.3 is 0 Å². The molecule has 0 aliphatic carbocycles. The number of hydrogen-bond donors (Lipinski definition) is 1. The summed E-state index contributed by atoms with van der Waals surface area (Å²) in [5.41, 5.74) is 7.27. The van der Waals surface area contributed by atoms with Crippen molar-refractivity contribution < 1.29 is 9.59 Å². The number of carbonyl (C=O) groups excluding carboxylic acids is 2. The number of amides is 2. The number of unbranched alkanes of at least 4 members (excludes halogenated alkanes) is 1. The molecule has 24 heavy (non-hydrogen) atoms. The molecule has 0 radical (unpaired) electrons. The summed E-state index contributed by atoms with van der Waals surface area (Å²) >= 11 is 0. The molecule has 1 fully saturated rings. The van der Waals surface area contributed by atoms with Gasteiger partial charge in [-0.15, -0.1) is 0 Å². The first-order chi connectivity index (χ1) is 11.5. The Morgan fingerprint density at radius 3 is 2.62 bits per heavy atom. The van der Waals surface area contributed by atoms with E-state index in [9.17, 15) is 9.59 Å². The third kappa shape index (κ3) is 2.93. The summed E-state index contributed by atoms with van der Waals surface area (Å²) < 4.78 is 0. The Morgan fingerprint density at radius 2 is 2.00 bits per heavy atom. The smallest absolute Gasteiger partial charge is 0.255 e. The van der Waals surface area contributed by atoms with Crippen molar-refractivity contribution in [1.82, 2.24) is 9.80 Å². The van der Waals surface area contributed by atoms with Gasteiger partial charge in [-0.3, -0.25) is 9.59 Å². The molecule has 0 bridgehead atoms. The first-order valence-electron chi connectivity index (χ1n) is 9.02. The number of nitrogens with two attached hydrogens (primary N) is 1. The quantitative estimate of drug-likeness (QED) is 0.903. The fraction of sp³-hybridized carbons (Fsp3) is 0.579. The van der Waals surface area contributed by atoms with Crippen molar-refractivity contribution in [2.45, 2.75) is 51.6 Å². The highest BCUT2D eigenvalue weighted by Gasteiger charge is 2.41. The normalized spacial score (nSPS) is 22.0. The van der Waals surface area contributed by atoms with E-state index in [0.29, 0.717) is 11.1 Å². The van der Waals surface area contributed by atoms with Gasteiger partial charge in [0.15, 0.2) is 0 Å². The van der Waals surface area contributed by atoms with Crippen molar-refractivity contribution in [3.63, 3.8) is 0 Å². The van der Waals surface area contributed by atoms with Crippen LogP contribution >= 0.6 is 0 Å². The second kappa shape index (κ2) is 6.93. The van der Waals surface area contributed by atoms with Gasteiger partial charge in [0.05, 0.1) is 17.2 Å². The number of hydrogen-bond acceptors (Lipinski definition) is 3. The molecule has 2 aliphatic rings. The van der Waals surface area contributed by atoms with Gasteiger partial charge < -0.3 is 15.5 Å². The SMILES string of the molecule is CCCCN1CCC(N2C(=O)c3c(C(N)=O)cccc3C2C)CC1. The predicted octanol–water partition coefficient (Wildman–Crippen LogP) is 2.57. The van der Waals surface area contributed by atoms with Crippen LogP contribution in [0, 0.1) is 0 Å². The van der Waals surface area contributed by atoms with Gasteiger partial charge in [0.2, 0.25) is 5.91 Å². The Hall–Kier alpha value is -1.88. The molecular weight excluding hydrogens is 302 g/mol. The van der Waals surface area contributed by atoms with Gasteiger partial charge in [-0.25, -0.2) is 0 Å². The van der Waals surface area contributed by atoms with Gasteiger partial charge in [0.25, 0.3) is 5.91 Å². The Kier molecular flexibility index (Phi) is 4.90. The number of carbonyl (C=O) groups is 2. The van der Waals surface area contributed by atoms with Gasteiger partial charge in [0.1, 0.15) is 0 Å². The third-order valence-corrected chi connectivity index (χ3v) is 5.46. The Bertz CT molecular complexity index is 635. The Morgan fingerprint density at radius 1 is 1.29 bits per heavy atom. The van der Waals surface area contributed by atoms with Crippen molar-refractivity contribution in [3.8, 4) is 0 Å². The van der Waals surface area contributed by atoms with Crippen molar-refractivity contribution in [2.75, 3.05) is 19.6 Å². The number of primary amides is 1. The lowest BCUT2D eigenvalue weighted by Crippen LogP contribution is -2.46. The molecule has 0 spiro atoms. The summed E-state index contributed by atoms with van der Waals surface area (Å²) in [5, 5.41) is 0. The minimum absolute atomic E-state index is 0.0130. The van der Waals surface area contributed by atoms with Gasteiger partial charge in [-0.05, 0) is 44.4 Å². The average Bonchev–Trinajstić information content (AvgIpc) is 2.85. The standard InChI is InChI=1S/C19H27N3O2/c1-3-4-10-21-11-8-14(9-12-21)22-13(2)15-6-5-7-16(18(20)23)17(15)19(22)24/h5-7,13-14H,3-4,8-12H2,1-2H3,(H2,20,23). The van der Waals surface area contributed by atoms with E-state index < -0.39 is 5.91 Å². The van der Waals surface area contributed by atoms with Gasteiger partial charge in [-0.2, -0.15) is 0 Å². The minimum Gasteiger partial charge on any atom is -0.366 e. The fourth-order valence-electron chi connectivity index (χ4n) is 4.10. The van der Waals surface area contributed by atoms with E-state index in [0.717, 1.165) is 38.0 Å². The Balaban J connectivity index is 1.76. The highest BCUT2D eigenvalue weighted by Crippen LogP contribution is 2.38. The average molecular weight is 329 g/mol. The molecule has 3 rings (SSSR count). The number of fused-ring (bicyclic) bond motifs is 1. The first kappa shape index (κ1) is 17.0. The third-order valence-electron chi connectivity index (χ3n) is 5.46. The number of nitrogens with zero attached hydrogens (tertiary/aromatic N) is 2. The van der Waals surface area contributed by atoms with Crippen LogP contribution in [0.4, 0.5) is 0 Å². The summed E-state index contributed by atoms with van der Waals surface area (Å²) in [6.45, 7) is 7.50. The van der Waals surface area contributed by atoms with E-state index in [-0.39, 0.29) is 18.0 Å². The van der Waals surface area contributed by atoms with E-state index in [4.69, 9.17) is 5.73 Å². The van der Waals surface area contributed by atoms with E-state index >= 15 is 0 Å². The zero-order valence-corrected chi connectivity index (χ0v) is 14.6. The van der Waals surface area contributed by atoms with Crippen LogP contribution in [0.15, 0.2) is 18.2 Å². The zero-order chi connectivity index (χ0) is 17.3. The molecule has 0 saturated carbocycles. The van der Waals surface area contributed by atoms with E-state index in [1.807, 2.05) is 17.0 Å². The molecule has 130 valence electrons. The molecule has 2 aliphatic heterocycles. The topological polar surface area (TPSA) is 66.6 Å². The second-order valence-electron chi connectivity index (χ2n) is 6.95. The maximum Gasteiger partial charge on any atom is 0.255 e. The summed E-state index contributed by atoms with van der Waals surface area (Å²) in [6, 6.07) is 5.68.